The summed E-state index contributed by atoms with van der Waals surface area (Å²) in [6, 6.07) is 7.53. The van der Waals surface area contributed by atoms with E-state index in [4.69, 9.17) is 0 Å². The Kier molecular flexibility index (Phi) is 4.47. The molecule has 0 saturated carbocycles. The highest BCUT2D eigenvalue weighted by Gasteiger charge is 1.90. The molecule has 1 N–H and O–H groups in total. The number of H-pyrrole nitrogens is 1. The fourth-order valence-corrected chi connectivity index (χ4v) is 0.999. The summed E-state index contributed by atoms with van der Waals surface area (Å²) >= 11 is 4.60. The number of benzene rings is 1. The number of aromatic amines is 1. The minimum Gasteiger partial charge on any atom is -0.457 e. The zero-order chi connectivity index (χ0) is 12.0. The topological polar surface area (TPSA) is 72.1 Å². The summed E-state index contributed by atoms with van der Waals surface area (Å²) in [7, 11) is 1.22. The zero-order valence-corrected chi connectivity index (χ0v) is 9.19. The minimum atomic E-state index is -0.773. The summed E-state index contributed by atoms with van der Waals surface area (Å²) in [6.45, 7) is 0. The molecule has 2 rings (SSSR count). The van der Waals surface area contributed by atoms with Gasteiger partial charge in [-0.25, -0.2) is 14.6 Å². The number of nitrogens with one attached hydrogen (secondary N) is 1. The van der Waals surface area contributed by atoms with Crippen molar-refractivity contribution in [3.63, 3.8) is 0 Å². The molecule has 0 aliphatic rings. The number of nitrogens with zero attached hydrogens (tertiary/aromatic N) is 1. The lowest BCUT2D eigenvalue weighted by molar-refractivity contribution is 0.198. The number of halogens is 1. The largest absolute Gasteiger partial charge is 0.457 e. The Labute approximate surface area is 96.0 Å². The average Bonchev–Trinajstić information content (AvgIpc) is 2.29. The maximum Gasteiger partial charge on any atom is 0.403 e. The number of para-hydroxylation sites is 1. The van der Waals surface area contributed by atoms with Gasteiger partial charge in [0.05, 0.1) is 12.6 Å². The first-order valence-corrected chi connectivity index (χ1v) is 4.69. The van der Waals surface area contributed by atoms with Gasteiger partial charge in [0.25, 0.3) is 0 Å². The number of fused-ring (bicyclic) bond motifs is 1. The molecule has 1 heterocycles. The van der Waals surface area contributed by atoms with Crippen molar-refractivity contribution >= 4 is 27.9 Å². The summed E-state index contributed by atoms with van der Waals surface area (Å²) < 4.78 is 3.88. The van der Waals surface area contributed by atoms with E-state index in [0.717, 1.165) is 10.9 Å². The van der Waals surface area contributed by atoms with Crippen molar-refractivity contribution in [2.45, 2.75) is 0 Å². The molecular formula is C10H9ClN2O3. The maximum absolute atomic E-state index is 10.7. The number of ether oxygens (including phenoxy) is 1. The fraction of sp³-hybridized carbons (Fsp3) is 0.100. The highest BCUT2D eigenvalue weighted by molar-refractivity contribution is 6.61. The average molecular weight is 241 g/mol. The molecule has 0 unspecified atom stereocenters. The molecule has 0 fully saturated rings. The molecule has 6 heteroatoms. The van der Waals surface area contributed by atoms with Crippen molar-refractivity contribution in [1.82, 2.24) is 9.97 Å². The van der Waals surface area contributed by atoms with E-state index in [1.165, 1.54) is 7.11 Å². The molecule has 0 aliphatic heterocycles. The zero-order valence-electron chi connectivity index (χ0n) is 8.44. The van der Waals surface area contributed by atoms with Crippen LogP contribution in [0, 0.1) is 0 Å². The summed E-state index contributed by atoms with van der Waals surface area (Å²) in [5, 5.41) is 0.951. The first-order chi connectivity index (χ1) is 7.63. The first-order valence-electron chi connectivity index (χ1n) is 4.31. The third-order valence-corrected chi connectivity index (χ3v) is 1.84. The molecule has 0 atom stereocenters. The summed E-state index contributed by atoms with van der Waals surface area (Å²) in [6.07, 6.45) is 1.56. The quantitative estimate of drug-likeness (QED) is 0.714. The van der Waals surface area contributed by atoms with Crippen LogP contribution in [-0.4, -0.2) is 22.5 Å². The molecule has 1 aromatic carbocycles. The molecule has 0 bridgehead atoms. The van der Waals surface area contributed by atoms with Crippen molar-refractivity contribution in [3.8, 4) is 0 Å². The summed E-state index contributed by atoms with van der Waals surface area (Å²) in [4.78, 5) is 26.3. The lowest BCUT2D eigenvalue weighted by atomic mass is 10.2. The van der Waals surface area contributed by atoms with Gasteiger partial charge >= 0.3 is 11.1 Å². The lowest BCUT2D eigenvalue weighted by Crippen LogP contribution is -2.07. The third-order valence-electron chi connectivity index (χ3n) is 1.68. The summed E-state index contributed by atoms with van der Waals surface area (Å²) in [5.41, 5.74) is -0.249. The molecule has 1 aromatic heterocycles. The van der Waals surface area contributed by atoms with E-state index in [1.54, 1.807) is 6.20 Å². The fourth-order valence-electron chi connectivity index (χ4n) is 0.999. The Hall–Kier alpha value is -1.88. The molecule has 2 aromatic rings. The minimum absolute atomic E-state index is 0.302. The van der Waals surface area contributed by atoms with Gasteiger partial charge in [-0.1, -0.05) is 18.2 Å². The van der Waals surface area contributed by atoms with Gasteiger partial charge in [-0.15, -0.1) is 0 Å². The molecule has 16 heavy (non-hydrogen) atoms. The van der Waals surface area contributed by atoms with E-state index >= 15 is 0 Å². The van der Waals surface area contributed by atoms with Crippen molar-refractivity contribution in [2.75, 3.05) is 7.11 Å². The maximum atomic E-state index is 10.7. The Balaban J connectivity index is 0.000000221. The van der Waals surface area contributed by atoms with Gasteiger partial charge in [-0.3, -0.25) is 0 Å². The van der Waals surface area contributed by atoms with Crippen molar-refractivity contribution in [3.05, 3.63) is 40.9 Å². The van der Waals surface area contributed by atoms with E-state index in [-0.39, 0.29) is 5.69 Å². The Bertz CT molecular complexity index is 539. The predicted octanol–water partition coefficient (Wildman–Crippen LogP) is 1.91. The highest BCUT2D eigenvalue weighted by atomic mass is 35.5. The van der Waals surface area contributed by atoms with Crippen LogP contribution in [0.2, 0.25) is 0 Å². The van der Waals surface area contributed by atoms with Gasteiger partial charge in [-0.05, 0) is 6.07 Å². The van der Waals surface area contributed by atoms with E-state index in [1.807, 2.05) is 24.3 Å². The number of carbonyl (C=O) groups excluding carboxylic acids is 1. The number of methoxy groups -OCH3 is 1. The molecule has 0 aliphatic carbocycles. The number of rotatable bonds is 0. The molecule has 0 saturated heterocycles. The van der Waals surface area contributed by atoms with E-state index in [0.29, 0.717) is 0 Å². The molecule has 0 spiro atoms. The van der Waals surface area contributed by atoms with Crippen LogP contribution in [0.15, 0.2) is 35.3 Å². The summed E-state index contributed by atoms with van der Waals surface area (Å²) in [5.74, 6) is 0. The SMILES string of the molecule is COC(=O)Cl.O=c1ncc2ccccc2[nH]1. The Morgan fingerprint density at radius 2 is 2.06 bits per heavy atom. The highest BCUT2D eigenvalue weighted by Crippen LogP contribution is 2.05. The van der Waals surface area contributed by atoms with Crippen LogP contribution in [0.1, 0.15) is 0 Å². The van der Waals surface area contributed by atoms with Crippen LogP contribution in [0.4, 0.5) is 4.79 Å². The van der Waals surface area contributed by atoms with Crippen molar-refractivity contribution < 1.29 is 9.53 Å². The monoisotopic (exact) mass is 240 g/mol. The van der Waals surface area contributed by atoms with Crippen LogP contribution in [0.3, 0.4) is 0 Å². The second-order valence-electron chi connectivity index (χ2n) is 2.72. The van der Waals surface area contributed by atoms with Crippen LogP contribution in [-0.2, 0) is 4.74 Å². The van der Waals surface area contributed by atoms with Gasteiger partial charge < -0.3 is 9.72 Å². The van der Waals surface area contributed by atoms with Crippen LogP contribution < -0.4 is 5.69 Å². The number of hydrogen-bond donors (Lipinski definition) is 1. The number of carbonyl (C=O) groups is 1. The molecule has 0 amide bonds. The molecule has 84 valence electrons. The molecular weight excluding hydrogens is 232 g/mol. The van der Waals surface area contributed by atoms with E-state index in [2.05, 4.69) is 26.3 Å². The molecule has 5 nitrogen and oxygen atoms in total. The van der Waals surface area contributed by atoms with Gasteiger partial charge in [-0.2, -0.15) is 0 Å². The van der Waals surface area contributed by atoms with Gasteiger partial charge in [0, 0.05) is 23.2 Å². The number of aromatic nitrogens is 2. The third kappa shape index (κ3) is 3.70. The second kappa shape index (κ2) is 5.87. The van der Waals surface area contributed by atoms with Gasteiger partial charge in [0.2, 0.25) is 0 Å². The standard InChI is InChI=1S/C8H6N2O.C2H3ClO2/c11-8-9-5-6-3-1-2-4-7(6)10-8;1-5-2(3)4/h1-5H,(H,9,10,11);1H3. The van der Waals surface area contributed by atoms with Gasteiger partial charge in [0.15, 0.2) is 0 Å². The lowest BCUT2D eigenvalue weighted by Gasteiger charge is -1.92. The normalized spacial score (nSPS) is 9.12. The first kappa shape index (κ1) is 12.2. The van der Waals surface area contributed by atoms with Crippen molar-refractivity contribution in [1.29, 1.82) is 0 Å². The van der Waals surface area contributed by atoms with Gasteiger partial charge in [0.1, 0.15) is 0 Å². The Morgan fingerprint density at radius 3 is 2.69 bits per heavy atom. The predicted molar refractivity (Wildman–Crippen MR) is 60.6 cm³/mol. The second-order valence-corrected chi connectivity index (χ2v) is 3.03. The van der Waals surface area contributed by atoms with Crippen molar-refractivity contribution in [2.24, 2.45) is 0 Å². The van der Waals surface area contributed by atoms with Crippen LogP contribution in [0.5, 0.6) is 0 Å². The molecule has 0 radical (unpaired) electrons. The van der Waals surface area contributed by atoms with Crippen LogP contribution >= 0.6 is 11.6 Å². The number of hydrogen-bond acceptors (Lipinski definition) is 4. The van der Waals surface area contributed by atoms with Crippen LogP contribution in [0.25, 0.3) is 10.9 Å². The Morgan fingerprint density at radius 1 is 1.44 bits per heavy atom. The smallest absolute Gasteiger partial charge is 0.403 e. The van der Waals surface area contributed by atoms with E-state index < -0.39 is 5.43 Å². The van der Waals surface area contributed by atoms with E-state index in [9.17, 15) is 9.59 Å².